The molecule has 10 heteroatoms. The maximum atomic E-state index is 13.4. The van der Waals surface area contributed by atoms with Crippen LogP contribution in [0.25, 0.3) is 22.2 Å². The second-order valence-corrected chi connectivity index (χ2v) is 9.48. The Bertz CT molecular complexity index is 1670. The third-order valence-corrected chi connectivity index (χ3v) is 6.63. The lowest BCUT2D eigenvalue weighted by Gasteiger charge is -2.12. The number of hydrogen-bond acceptors (Lipinski definition) is 7. The molecular weight excluding hydrogens is 539 g/mol. The summed E-state index contributed by atoms with van der Waals surface area (Å²) >= 11 is 6.88. The van der Waals surface area contributed by atoms with E-state index in [9.17, 15) is 8.60 Å². The van der Waals surface area contributed by atoms with Gasteiger partial charge in [-0.1, -0.05) is 30.7 Å². The highest BCUT2D eigenvalue weighted by Gasteiger charge is 2.15. The third-order valence-electron chi connectivity index (χ3n) is 5.95. The van der Waals surface area contributed by atoms with Gasteiger partial charge in [-0.2, -0.15) is 0 Å². The van der Waals surface area contributed by atoms with Crippen molar-refractivity contribution in [2.75, 3.05) is 11.9 Å². The zero-order valence-corrected chi connectivity index (χ0v) is 22.4. The highest BCUT2D eigenvalue weighted by Crippen LogP contribution is 2.33. The van der Waals surface area contributed by atoms with Gasteiger partial charge in [0.05, 0.1) is 27.8 Å². The molecule has 0 radical (unpaired) electrons. The Balaban J connectivity index is 1.37. The lowest BCUT2D eigenvalue weighted by molar-refractivity contribution is 0.306. The van der Waals surface area contributed by atoms with E-state index in [1.54, 1.807) is 29.6 Å². The minimum Gasteiger partial charge on any atom is -0.487 e. The van der Waals surface area contributed by atoms with Crippen LogP contribution in [0.2, 0.25) is 5.02 Å². The number of fused-ring (bicyclic) bond motifs is 1. The van der Waals surface area contributed by atoms with Gasteiger partial charge in [0.1, 0.15) is 41.8 Å². The zero-order chi connectivity index (χ0) is 27.2. The molecule has 2 heterocycles. The fraction of sp³-hybridized carbons (Fsp3) is 0.138. The Morgan fingerprint density at radius 2 is 2.00 bits per heavy atom. The van der Waals surface area contributed by atoms with Crippen LogP contribution in [0.5, 0.6) is 5.75 Å². The summed E-state index contributed by atoms with van der Waals surface area (Å²) < 4.78 is 36.4. The molecule has 0 aliphatic heterocycles. The summed E-state index contributed by atoms with van der Waals surface area (Å²) in [5.41, 5.74) is 3.02. The quantitative estimate of drug-likeness (QED) is 0.184. The van der Waals surface area contributed by atoms with E-state index >= 15 is 0 Å². The number of anilines is 2. The van der Waals surface area contributed by atoms with Crippen LogP contribution in [0, 0.1) is 5.82 Å². The summed E-state index contributed by atoms with van der Waals surface area (Å²) in [4.78, 5) is 8.82. The minimum absolute atomic E-state index is 0.196. The number of rotatable bonds is 10. The molecule has 2 N–H and O–H groups in total. The first-order valence-corrected chi connectivity index (χ1v) is 13.4. The molecule has 5 aromatic rings. The molecule has 2 aromatic heterocycles. The van der Waals surface area contributed by atoms with Crippen LogP contribution in [0.4, 0.5) is 15.9 Å². The fourth-order valence-corrected chi connectivity index (χ4v) is 4.67. The predicted molar refractivity (Wildman–Crippen MR) is 153 cm³/mol. The molecule has 0 aliphatic carbocycles. The molecular formula is C29H24ClFN4O3S. The molecule has 1 unspecified atom stereocenters. The molecule has 0 aliphatic rings. The molecule has 0 saturated heterocycles. The van der Waals surface area contributed by atoms with Crippen molar-refractivity contribution in [2.24, 2.45) is 0 Å². The van der Waals surface area contributed by atoms with E-state index in [2.05, 4.69) is 20.6 Å². The zero-order valence-electron chi connectivity index (χ0n) is 20.9. The molecule has 0 bridgehead atoms. The van der Waals surface area contributed by atoms with Crippen LogP contribution < -0.4 is 15.4 Å². The molecule has 5 rings (SSSR count). The number of furan rings is 1. The van der Waals surface area contributed by atoms with Gasteiger partial charge in [-0.25, -0.2) is 18.6 Å². The molecule has 0 saturated carbocycles. The van der Waals surface area contributed by atoms with E-state index in [1.807, 2.05) is 43.3 Å². The average molecular weight is 563 g/mol. The van der Waals surface area contributed by atoms with Crippen LogP contribution in [-0.2, 0) is 17.9 Å². The van der Waals surface area contributed by atoms with E-state index in [4.69, 9.17) is 20.8 Å². The van der Waals surface area contributed by atoms with Gasteiger partial charge < -0.3 is 19.8 Å². The number of nitrogens with zero attached hydrogens (tertiary/aromatic N) is 2. The monoisotopic (exact) mass is 562 g/mol. The number of hydrogen-bond donors (Lipinski definition) is 2. The number of aromatic nitrogens is 2. The smallest absolute Gasteiger partial charge is 0.141 e. The van der Waals surface area contributed by atoms with Gasteiger partial charge in [-0.3, -0.25) is 0 Å². The summed E-state index contributed by atoms with van der Waals surface area (Å²) in [5.74, 6) is 2.09. The largest absolute Gasteiger partial charge is 0.487 e. The minimum atomic E-state index is -0.316. The summed E-state index contributed by atoms with van der Waals surface area (Å²) in [6, 6.07) is 20.8. The van der Waals surface area contributed by atoms with Crippen LogP contribution in [0.1, 0.15) is 24.3 Å². The Morgan fingerprint density at radius 1 is 1.10 bits per heavy atom. The lowest BCUT2D eigenvalue weighted by atomic mass is 10.1. The van der Waals surface area contributed by atoms with E-state index in [0.717, 1.165) is 16.5 Å². The van der Waals surface area contributed by atoms with Gasteiger partial charge in [-0.05, 0) is 72.8 Å². The number of ether oxygens (including phenoxy) is 1. The summed E-state index contributed by atoms with van der Waals surface area (Å²) in [6.45, 7) is 2.87. The normalized spacial score (nSPS) is 11.8. The van der Waals surface area contributed by atoms with Crippen molar-refractivity contribution in [3.05, 3.63) is 101 Å². The van der Waals surface area contributed by atoms with Gasteiger partial charge in [-0.15, -0.1) is 0 Å². The SMILES string of the molecule is CCNC(C=S=O)c1ccc(-c2ccc3ncnc(Nc4ccc(OCc5cccc(F)c5)c(Cl)c4)c3c2)o1. The molecule has 0 amide bonds. The van der Waals surface area contributed by atoms with Crippen molar-refractivity contribution >= 4 is 50.6 Å². The first kappa shape index (κ1) is 26.6. The van der Waals surface area contributed by atoms with Crippen molar-refractivity contribution < 1.29 is 17.8 Å². The molecule has 0 spiro atoms. The molecule has 3 aromatic carbocycles. The maximum Gasteiger partial charge on any atom is 0.141 e. The number of benzene rings is 3. The topological polar surface area (TPSA) is 89.3 Å². The summed E-state index contributed by atoms with van der Waals surface area (Å²) in [7, 11) is 0. The van der Waals surface area contributed by atoms with Crippen molar-refractivity contribution in [3.63, 3.8) is 0 Å². The summed E-state index contributed by atoms with van der Waals surface area (Å²) in [5, 5.41) is 9.29. The molecule has 39 heavy (non-hydrogen) atoms. The first-order chi connectivity index (χ1) is 19.0. The van der Waals surface area contributed by atoms with Crippen molar-refractivity contribution in [1.82, 2.24) is 15.3 Å². The van der Waals surface area contributed by atoms with Crippen LogP contribution in [0.15, 0.2) is 83.5 Å². The van der Waals surface area contributed by atoms with Gasteiger partial charge >= 0.3 is 0 Å². The van der Waals surface area contributed by atoms with Gasteiger partial charge in [0, 0.05) is 22.0 Å². The number of nitrogens with one attached hydrogen (secondary N) is 2. The van der Waals surface area contributed by atoms with Crippen LogP contribution in [0.3, 0.4) is 0 Å². The fourth-order valence-electron chi connectivity index (χ4n) is 4.10. The molecule has 1 atom stereocenters. The number of halogens is 2. The predicted octanol–water partition coefficient (Wildman–Crippen LogP) is 6.67. The third kappa shape index (κ3) is 6.34. The maximum absolute atomic E-state index is 13.4. The first-order valence-electron chi connectivity index (χ1n) is 12.2. The standard InChI is InChI=1S/C29H24ClFN4O3S/c1-2-32-25(16-39-36)28-11-10-26(38-28)19-6-8-24-22(13-19)29(34-17-33-24)35-21-7-9-27(23(30)14-21)37-15-18-4-3-5-20(31)12-18/h3-14,16-17,25,32H,2,15H2,1H3,(H,33,34,35). The molecule has 0 fully saturated rings. The Morgan fingerprint density at radius 3 is 2.79 bits per heavy atom. The average Bonchev–Trinajstić information content (AvgIpc) is 3.43. The van der Waals surface area contributed by atoms with Crippen molar-refractivity contribution in [3.8, 4) is 17.1 Å². The second-order valence-electron chi connectivity index (χ2n) is 8.61. The van der Waals surface area contributed by atoms with Crippen molar-refractivity contribution in [2.45, 2.75) is 19.6 Å². The molecule has 7 nitrogen and oxygen atoms in total. The van der Waals surface area contributed by atoms with E-state index < -0.39 is 0 Å². The molecule has 198 valence electrons. The highest BCUT2D eigenvalue weighted by molar-refractivity contribution is 7.64. The van der Waals surface area contributed by atoms with Crippen molar-refractivity contribution in [1.29, 1.82) is 0 Å². The van der Waals surface area contributed by atoms with Gasteiger partial charge in [0.15, 0.2) is 0 Å². The lowest BCUT2D eigenvalue weighted by Crippen LogP contribution is -2.21. The van der Waals surface area contributed by atoms with E-state index in [-0.39, 0.29) is 18.5 Å². The van der Waals surface area contributed by atoms with Gasteiger partial charge in [0.2, 0.25) is 0 Å². The Labute approximate surface area is 233 Å². The summed E-state index contributed by atoms with van der Waals surface area (Å²) in [6.07, 6.45) is 1.49. The van der Waals surface area contributed by atoms with Gasteiger partial charge in [0.25, 0.3) is 0 Å². The van der Waals surface area contributed by atoms with Crippen LogP contribution in [-0.4, -0.2) is 26.1 Å². The Hall–Kier alpha value is -4.05. The Kier molecular flexibility index (Phi) is 8.31. The highest BCUT2D eigenvalue weighted by atomic mass is 35.5. The van der Waals surface area contributed by atoms with E-state index in [1.165, 1.54) is 18.5 Å². The second kappa shape index (κ2) is 12.2. The van der Waals surface area contributed by atoms with Crippen LogP contribution >= 0.6 is 11.6 Å². The van der Waals surface area contributed by atoms with E-state index in [0.29, 0.717) is 57.2 Å².